The summed E-state index contributed by atoms with van der Waals surface area (Å²) in [5, 5.41) is 0. The second-order valence-corrected chi connectivity index (χ2v) is 5.22. The average Bonchev–Trinajstić information content (AvgIpc) is 2.33. The Bertz CT molecular complexity index is 495. The van der Waals surface area contributed by atoms with Gasteiger partial charge in [0.2, 0.25) is 11.8 Å². The summed E-state index contributed by atoms with van der Waals surface area (Å²) in [4.78, 5) is 24.8. The molecule has 1 heterocycles. The minimum Gasteiger partial charge on any atom is -0.322 e. The molecule has 4 heteroatoms. The monoisotopic (exact) mass is 260 g/mol. The molecule has 19 heavy (non-hydrogen) atoms. The Balaban J connectivity index is 2.13. The smallest absolute Gasteiger partial charge is 0.229 e. The van der Waals surface area contributed by atoms with Gasteiger partial charge in [-0.25, -0.2) is 0 Å². The molecule has 0 saturated carbocycles. The number of amides is 2. The van der Waals surface area contributed by atoms with Gasteiger partial charge in [0.15, 0.2) is 0 Å². The van der Waals surface area contributed by atoms with Gasteiger partial charge in [0.05, 0.1) is 0 Å². The number of carbonyl (C=O) groups is 2. The van der Waals surface area contributed by atoms with Gasteiger partial charge in [0.25, 0.3) is 0 Å². The van der Waals surface area contributed by atoms with Gasteiger partial charge in [-0.2, -0.15) is 0 Å². The number of benzene rings is 1. The third-order valence-electron chi connectivity index (χ3n) is 3.59. The lowest BCUT2D eigenvalue weighted by Gasteiger charge is -2.28. The van der Waals surface area contributed by atoms with Crippen LogP contribution in [0.25, 0.3) is 0 Å². The summed E-state index contributed by atoms with van der Waals surface area (Å²) in [5.41, 5.74) is 9.43. The minimum atomic E-state index is -0.313. The van der Waals surface area contributed by atoms with E-state index >= 15 is 0 Å². The Labute approximate surface area is 113 Å². The summed E-state index contributed by atoms with van der Waals surface area (Å²) in [7, 11) is 0. The van der Waals surface area contributed by atoms with Crippen LogP contribution in [0.1, 0.15) is 42.0 Å². The predicted molar refractivity (Wildman–Crippen MR) is 73.4 cm³/mol. The van der Waals surface area contributed by atoms with E-state index in [4.69, 9.17) is 5.73 Å². The largest absolute Gasteiger partial charge is 0.322 e. The number of piperidine rings is 1. The number of aryl methyl sites for hydroxylation is 2. The summed E-state index contributed by atoms with van der Waals surface area (Å²) in [6, 6.07) is 5.73. The second-order valence-electron chi connectivity index (χ2n) is 5.22. The molecule has 0 aromatic heterocycles. The van der Waals surface area contributed by atoms with Crippen molar-refractivity contribution in [2.75, 3.05) is 6.54 Å². The van der Waals surface area contributed by atoms with Gasteiger partial charge in [0, 0.05) is 25.4 Å². The number of hydrogen-bond donors (Lipinski definition) is 1. The molecule has 0 bridgehead atoms. The van der Waals surface area contributed by atoms with Gasteiger partial charge in [-0.3, -0.25) is 14.5 Å². The highest BCUT2D eigenvalue weighted by Gasteiger charge is 2.27. The van der Waals surface area contributed by atoms with Gasteiger partial charge in [-0.15, -0.1) is 0 Å². The molecule has 2 rings (SSSR count). The molecule has 1 aromatic carbocycles. The standard InChI is InChI=1S/C15H20N2O2/c1-10-6-7-12(11(2)8-10)13(16)9-17-14(18)4-3-5-15(17)19/h6-8,13H,3-5,9,16H2,1-2H3. The van der Waals surface area contributed by atoms with Crippen LogP contribution < -0.4 is 5.73 Å². The van der Waals surface area contributed by atoms with E-state index in [0.29, 0.717) is 19.3 Å². The van der Waals surface area contributed by atoms with Crippen molar-refractivity contribution in [2.45, 2.75) is 39.2 Å². The van der Waals surface area contributed by atoms with Gasteiger partial charge >= 0.3 is 0 Å². The number of nitrogens with two attached hydrogens (primary N) is 1. The van der Waals surface area contributed by atoms with E-state index in [9.17, 15) is 9.59 Å². The summed E-state index contributed by atoms with van der Waals surface area (Å²) in [6.45, 7) is 4.31. The minimum absolute atomic E-state index is 0.100. The van der Waals surface area contributed by atoms with Crippen molar-refractivity contribution in [2.24, 2.45) is 5.73 Å². The van der Waals surface area contributed by atoms with Crippen molar-refractivity contribution in [3.05, 3.63) is 34.9 Å². The van der Waals surface area contributed by atoms with Crippen LogP contribution in [0.3, 0.4) is 0 Å². The molecule has 0 radical (unpaired) electrons. The van der Waals surface area contributed by atoms with Crippen LogP contribution in [-0.2, 0) is 9.59 Å². The number of nitrogens with zero attached hydrogens (tertiary/aromatic N) is 1. The maximum absolute atomic E-state index is 11.8. The number of imide groups is 1. The van der Waals surface area contributed by atoms with Crippen LogP contribution in [0.5, 0.6) is 0 Å². The summed E-state index contributed by atoms with van der Waals surface area (Å²) < 4.78 is 0. The molecule has 0 aliphatic carbocycles. The van der Waals surface area contributed by atoms with Crippen LogP contribution >= 0.6 is 0 Å². The molecule has 1 fully saturated rings. The van der Waals surface area contributed by atoms with E-state index in [-0.39, 0.29) is 24.4 Å². The van der Waals surface area contributed by atoms with Crippen LogP contribution in [0.15, 0.2) is 18.2 Å². The molecule has 2 amide bonds. The Morgan fingerprint density at radius 2 is 1.84 bits per heavy atom. The fourth-order valence-corrected chi connectivity index (χ4v) is 2.54. The van der Waals surface area contributed by atoms with Crippen LogP contribution in [0.2, 0.25) is 0 Å². The Morgan fingerprint density at radius 1 is 1.21 bits per heavy atom. The van der Waals surface area contributed by atoms with Gasteiger partial charge < -0.3 is 5.73 Å². The summed E-state index contributed by atoms with van der Waals surface area (Å²) in [5.74, 6) is -0.201. The molecule has 1 aromatic rings. The zero-order chi connectivity index (χ0) is 14.0. The first-order chi connectivity index (χ1) is 8.99. The highest BCUT2D eigenvalue weighted by Crippen LogP contribution is 2.20. The Kier molecular flexibility index (Phi) is 4.00. The molecule has 1 saturated heterocycles. The first-order valence-electron chi connectivity index (χ1n) is 6.65. The van der Waals surface area contributed by atoms with E-state index in [1.165, 1.54) is 10.5 Å². The molecule has 1 aliphatic rings. The van der Waals surface area contributed by atoms with E-state index in [2.05, 4.69) is 6.07 Å². The van der Waals surface area contributed by atoms with Gasteiger partial charge in [-0.1, -0.05) is 23.8 Å². The molecule has 1 aliphatic heterocycles. The Morgan fingerprint density at radius 3 is 2.42 bits per heavy atom. The number of hydrogen-bond acceptors (Lipinski definition) is 3. The van der Waals surface area contributed by atoms with Gasteiger partial charge in [0.1, 0.15) is 0 Å². The van der Waals surface area contributed by atoms with Crippen LogP contribution in [0, 0.1) is 13.8 Å². The van der Waals surface area contributed by atoms with Gasteiger partial charge in [-0.05, 0) is 31.4 Å². The highest BCUT2D eigenvalue weighted by molar-refractivity contribution is 5.97. The molecular weight excluding hydrogens is 240 g/mol. The normalized spacial score (nSPS) is 17.7. The van der Waals surface area contributed by atoms with Crippen molar-refractivity contribution >= 4 is 11.8 Å². The number of likely N-dealkylation sites (tertiary alicyclic amines) is 1. The lowest BCUT2D eigenvalue weighted by Crippen LogP contribution is -2.44. The topological polar surface area (TPSA) is 63.4 Å². The molecule has 102 valence electrons. The maximum atomic E-state index is 11.8. The molecule has 4 nitrogen and oxygen atoms in total. The van der Waals surface area contributed by atoms with Crippen molar-refractivity contribution in [1.82, 2.24) is 4.90 Å². The SMILES string of the molecule is Cc1ccc(C(N)CN2C(=O)CCCC2=O)c(C)c1. The first kappa shape index (κ1) is 13.7. The van der Waals surface area contributed by atoms with E-state index < -0.39 is 0 Å². The average molecular weight is 260 g/mol. The van der Waals surface area contributed by atoms with Crippen molar-refractivity contribution in [3.8, 4) is 0 Å². The second kappa shape index (κ2) is 5.53. The van der Waals surface area contributed by atoms with Crippen molar-refractivity contribution < 1.29 is 9.59 Å². The third-order valence-corrected chi connectivity index (χ3v) is 3.59. The zero-order valence-electron chi connectivity index (χ0n) is 11.5. The summed E-state index contributed by atoms with van der Waals surface area (Å²) >= 11 is 0. The van der Waals surface area contributed by atoms with Crippen molar-refractivity contribution in [3.63, 3.8) is 0 Å². The summed E-state index contributed by atoms with van der Waals surface area (Å²) in [6.07, 6.45) is 1.56. The quantitative estimate of drug-likeness (QED) is 0.843. The maximum Gasteiger partial charge on any atom is 0.229 e. The number of rotatable bonds is 3. The fourth-order valence-electron chi connectivity index (χ4n) is 2.54. The Hall–Kier alpha value is -1.68. The van der Waals surface area contributed by atoms with Crippen molar-refractivity contribution in [1.29, 1.82) is 0 Å². The van der Waals surface area contributed by atoms with E-state index in [1.54, 1.807) is 0 Å². The van der Waals surface area contributed by atoms with E-state index in [1.807, 2.05) is 26.0 Å². The lowest BCUT2D eigenvalue weighted by molar-refractivity contribution is -0.148. The predicted octanol–water partition coefficient (Wildman–Crippen LogP) is 1.84. The lowest BCUT2D eigenvalue weighted by atomic mass is 9.98. The molecule has 1 unspecified atom stereocenters. The molecule has 1 atom stereocenters. The highest BCUT2D eigenvalue weighted by atomic mass is 16.2. The third kappa shape index (κ3) is 3.01. The number of carbonyl (C=O) groups excluding carboxylic acids is 2. The fraction of sp³-hybridized carbons (Fsp3) is 0.467. The molecular formula is C15H20N2O2. The first-order valence-corrected chi connectivity index (χ1v) is 6.65. The molecule has 0 spiro atoms. The zero-order valence-corrected chi connectivity index (χ0v) is 11.5. The molecule has 2 N–H and O–H groups in total. The van der Waals surface area contributed by atoms with Crippen LogP contribution in [-0.4, -0.2) is 23.3 Å². The van der Waals surface area contributed by atoms with E-state index in [0.717, 1.165) is 11.1 Å². The van der Waals surface area contributed by atoms with Crippen LogP contribution in [0.4, 0.5) is 0 Å².